The van der Waals surface area contributed by atoms with E-state index in [2.05, 4.69) is 408 Å². The molecule has 0 spiro atoms. The molecule has 23 rings (SSSR count). The van der Waals surface area contributed by atoms with Crippen LogP contribution in [0.5, 0.6) is 0 Å². The number of fused-ring (bicyclic) bond motifs is 15. The number of hydrogen-bond acceptors (Lipinski definition) is 4. The van der Waals surface area contributed by atoms with Crippen LogP contribution in [0, 0.1) is 0 Å². The zero-order valence-corrected chi connectivity index (χ0v) is 63.5. The largest absolute Gasteiger partial charge is 0.307 e. The van der Waals surface area contributed by atoms with Gasteiger partial charge in [0, 0.05) is 65.7 Å². The molecule has 0 saturated carbocycles. The highest BCUT2D eigenvalue weighted by atomic mass is 15.1. The molecule has 117 heavy (non-hydrogen) atoms. The van der Waals surface area contributed by atoms with Crippen molar-refractivity contribution in [3.05, 3.63) is 419 Å². The molecular formula is C110H69N7. The number of aromatic nitrogens is 7. The summed E-state index contributed by atoms with van der Waals surface area (Å²) in [6, 6.07) is 152. The van der Waals surface area contributed by atoms with Gasteiger partial charge in [0.05, 0.1) is 72.9 Å². The summed E-state index contributed by atoms with van der Waals surface area (Å²) in [4.78, 5) is 21.7. The van der Waals surface area contributed by atoms with Gasteiger partial charge in [-0.2, -0.15) is 0 Å². The minimum absolute atomic E-state index is 0.630. The Hall–Kier alpha value is -15.7. The summed E-state index contributed by atoms with van der Waals surface area (Å²) in [5, 5.41) is 14.2. The maximum atomic E-state index is 5.73. The summed E-state index contributed by atoms with van der Waals surface area (Å²) in [5.41, 5.74) is 27.8. The molecule has 0 N–H and O–H groups in total. The topological polar surface area (TPSA) is 66.3 Å². The average molecular weight is 1490 g/mol. The summed E-state index contributed by atoms with van der Waals surface area (Å²) in [6.45, 7) is 0. The van der Waals surface area contributed by atoms with Crippen molar-refractivity contribution >= 4 is 97.7 Å². The fourth-order valence-corrected chi connectivity index (χ4v) is 18.3. The second-order valence-electron chi connectivity index (χ2n) is 30.4. The van der Waals surface area contributed by atoms with Crippen LogP contribution in [0.1, 0.15) is 0 Å². The third-order valence-electron chi connectivity index (χ3n) is 23.6. The van der Waals surface area contributed by atoms with Crippen molar-refractivity contribution in [2.75, 3.05) is 0 Å². The van der Waals surface area contributed by atoms with E-state index >= 15 is 0 Å². The molecule has 0 aliphatic carbocycles. The summed E-state index contributed by atoms with van der Waals surface area (Å²) >= 11 is 0. The monoisotopic (exact) mass is 1490 g/mol. The second-order valence-corrected chi connectivity index (χ2v) is 30.4. The van der Waals surface area contributed by atoms with Gasteiger partial charge < -0.3 is 13.7 Å². The first-order chi connectivity index (χ1) is 58.0. The number of benzene rings is 18. The van der Waals surface area contributed by atoms with Crippen LogP contribution >= 0.6 is 0 Å². The molecule has 0 aliphatic rings. The van der Waals surface area contributed by atoms with Crippen LogP contribution in [0.3, 0.4) is 0 Å². The standard InChI is InChI=1S/C110H69N7/c1-5-30-70(31-6-1)79-62-80(74-38-27-40-77(60-74)96-68-95(71-32-7-2-8-33-71)111-109(112-96)72-34-9-3-10-35-72)64-81(63-79)75-58-59-85-93-51-29-50-83(107(93)92-49-14-13-42-84(92)94(85)65-75)76-39-28-41-78(61-76)97-69-98(114-110(113-97)73-36-11-4-12-37-73)82-66-105(115-99-52-21-15-43-86(99)87-44-16-22-53-100(87)115)108(117-103-56-25-19-47-90(103)91-48-20-26-57-104(91)117)106(67-82)116-101-54-23-17-45-88(101)89-46-18-24-55-102(89)116/h1-69H. The Bertz CT molecular complexity index is 7550. The molecule has 5 heterocycles. The van der Waals surface area contributed by atoms with E-state index in [0.29, 0.717) is 11.6 Å². The first kappa shape index (κ1) is 67.0. The van der Waals surface area contributed by atoms with E-state index in [4.69, 9.17) is 19.9 Å². The number of hydrogen-bond donors (Lipinski definition) is 0. The normalized spacial score (nSPS) is 11.8. The summed E-state index contributed by atoms with van der Waals surface area (Å²) < 4.78 is 7.51. The van der Waals surface area contributed by atoms with E-state index in [1.54, 1.807) is 0 Å². The Balaban J connectivity index is 0.693. The molecule has 0 amide bonds. The Morgan fingerprint density at radius 1 is 0.154 bits per heavy atom. The molecule has 0 bridgehead atoms. The van der Waals surface area contributed by atoms with Gasteiger partial charge in [-0.1, -0.05) is 322 Å². The molecule has 18 aromatic carbocycles. The molecule has 23 aromatic rings. The quantitative estimate of drug-likeness (QED) is 0.108. The van der Waals surface area contributed by atoms with Crippen LogP contribution < -0.4 is 0 Å². The summed E-state index contributed by atoms with van der Waals surface area (Å²) in [6.07, 6.45) is 0. The van der Waals surface area contributed by atoms with Crippen LogP contribution in [0.2, 0.25) is 0 Å². The third-order valence-corrected chi connectivity index (χ3v) is 23.6. The van der Waals surface area contributed by atoms with Crippen molar-refractivity contribution < 1.29 is 0 Å². The van der Waals surface area contributed by atoms with Gasteiger partial charge in [-0.05, 0) is 174 Å². The van der Waals surface area contributed by atoms with E-state index < -0.39 is 0 Å². The minimum atomic E-state index is 0.630. The smallest absolute Gasteiger partial charge is 0.160 e. The number of para-hydroxylation sites is 6. The van der Waals surface area contributed by atoms with Crippen molar-refractivity contribution in [2.24, 2.45) is 0 Å². The van der Waals surface area contributed by atoms with E-state index in [1.807, 2.05) is 24.3 Å². The zero-order chi connectivity index (χ0) is 77.0. The van der Waals surface area contributed by atoms with Crippen molar-refractivity contribution in [1.82, 2.24) is 33.6 Å². The molecule has 0 unspecified atom stereocenters. The van der Waals surface area contributed by atoms with Crippen LogP contribution in [0.25, 0.3) is 227 Å². The Labute approximate surface area is 674 Å². The molecule has 544 valence electrons. The highest BCUT2D eigenvalue weighted by Crippen LogP contribution is 2.48. The van der Waals surface area contributed by atoms with Gasteiger partial charge in [0.2, 0.25) is 0 Å². The molecule has 5 aromatic heterocycles. The van der Waals surface area contributed by atoms with Gasteiger partial charge in [0.25, 0.3) is 0 Å². The second kappa shape index (κ2) is 27.6. The van der Waals surface area contributed by atoms with Crippen molar-refractivity contribution in [2.45, 2.75) is 0 Å². The van der Waals surface area contributed by atoms with Crippen molar-refractivity contribution in [3.8, 4) is 129 Å². The van der Waals surface area contributed by atoms with Crippen LogP contribution in [-0.2, 0) is 0 Å². The lowest BCUT2D eigenvalue weighted by atomic mass is 9.87. The first-order valence-corrected chi connectivity index (χ1v) is 39.9. The first-order valence-electron chi connectivity index (χ1n) is 39.9. The maximum absolute atomic E-state index is 5.73. The minimum Gasteiger partial charge on any atom is -0.307 e. The lowest BCUT2D eigenvalue weighted by molar-refractivity contribution is 1.05. The lowest BCUT2D eigenvalue weighted by Crippen LogP contribution is -2.10. The van der Waals surface area contributed by atoms with Crippen LogP contribution in [-0.4, -0.2) is 33.6 Å². The average Bonchev–Trinajstić information content (AvgIpc) is 1.57. The van der Waals surface area contributed by atoms with Crippen LogP contribution in [0.15, 0.2) is 419 Å². The van der Waals surface area contributed by atoms with Gasteiger partial charge in [0.15, 0.2) is 11.6 Å². The van der Waals surface area contributed by atoms with E-state index in [9.17, 15) is 0 Å². The molecule has 0 radical (unpaired) electrons. The van der Waals surface area contributed by atoms with Gasteiger partial charge in [-0.25, -0.2) is 19.9 Å². The SMILES string of the molecule is c1ccc(-c2cc(-c3cccc(-c4cc(-c5ccccc5)nc(-c5ccccc5)n4)c3)cc(-c3ccc4c(c3)c3ccccc3c3c(-c5cccc(-c6cc(-c7cc(-n8c9ccccc9c9ccccc98)c(-n8c9ccccc9c9ccccc98)c(-n8c9ccccc9c9ccccc98)c7)nc(-c7ccccc7)n6)c5)cccc43)c2)cc1. The molecule has 0 saturated heterocycles. The fourth-order valence-electron chi connectivity index (χ4n) is 18.3. The number of nitrogens with zero attached hydrogens (tertiary/aromatic N) is 7. The van der Waals surface area contributed by atoms with E-state index in [1.165, 1.54) is 64.6 Å². The molecule has 0 fully saturated rings. The highest BCUT2D eigenvalue weighted by molar-refractivity contribution is 6.29. The Kier molecular flexibility index (Phi) is 15.8. The van der Waals surface area contributed by atoms with Gasteiger partial charge in [-0.3, -0.25) is 0 Å². The van der Waals surface area contributed by atoms with Gasteiger partial charge >= 0.3 is 0 Å². The Morgan fingerprint density at radius 3 is 0.915 bits per heavy atom. The molecule has 0 atom stereocenters. The molecule has 0 aliphatic heterocycles. The molecule has 7 heteroatoms. The lowest BCUT2D eigenvalue weighted by Gasteiger charge is -2.23. The van der Waals surface area contributed by atoms with Crippen molar-refractivity contribution in [3.63, 3.8) is 0 Å². The zero-order valence-electron chi connectivity index (χ0n) is 63.5. The molecule has 7 nitrogen and oxygen atoms in total. The Morgan fingerprint density at radius 2 is 0.453 bits per heavy atom. The fraction of sp³-hybridized carbons (Fsp3) is 0. The summed E-state index contributed by atoms with van der Waals surface area (Å²) in [5.74, 6) is 1.32. The van der Waals surface area contributed by atoms with E-state index in [-0.39, 0.29) is 0 Å². The van der Waals surface area contributed by atoms with Gasteiger partial charge in [-0.15, -0.1) is 0 Å². The molecular weight excluding hydrogens is 1420 g/mol. The number of rotatable bonds is 13. The van der Waals surface area contributed by atoms with Gasteiger partial charge in [0.1, 0.15) is 0 Å². The predicted octanol–water partition coefficient (Wildman–Crippen LogP) is 28.7. The van der Waals surface area contributed by atoms with E-state index in [0.717, 1.165) is 151 Å². The third kappa shape index (κ3) is 11.3. The highest BCUT2D eigenvalue weighted by Gasteiger charge is 2.28. The summed E-state index contributed by atoms with van der Waals surface area (Å²) in [7, 11) is 0. The van der Waals surface area contributed by atoms with Crippen LogP contribution in [0.4, 0.5) is 0 Å². The predicted molar refractivity (Wildman–Crippen MR) is 488 cm³/mol. The maximum Gasteiger partial charge on any atom is 0.160 e. The van der Waals surface area contributed by atoms with Crippen molar-refractivity contribution in [1.29, 1.82) is 0 Å².